The van der Waals surface area contributed by atoms with Crippen molar-refractivity contribution >= 4 is 23.4 Å². The minimum Gasteiger partial charge on any atom is -0.492 e. The molecule has 1 amide bonds. The lowest BCUT2D eigenvalue weighted by Crippen LogP contribution is -2.24. The Kier molecular flexibility index (Phi) is 7.50. The van der Waals surface area contributed by atoms with Crippen LogP contribution in [0.1, 0.15) is 26.7 Å². The Morgan fingerprint density at radius 2 is 2.03 bits per heavy atom. The second-order valence-corrected chi connectivity index (χ2v) is 9.02. The first-order valence-corrected chi connectivity index (χ1v) is 12.0. The van der Waals surface area contributed by atoms with Gasteiger partial charge >= 0.3 is 0 Å². The fourth-order valence-electron chi connectivity index (χ4n) is 3.76. The molecule has 0 bridgehead atoms. The van der Waals surface area contributed by atoms with Gasteiger partial charge in [-0.1, -0.05) is 54.2 Å². The van der Waals surface area contributed by atoms with E-state index in [-0.39, 0.29) is 17.3 Å². The van der Waals surface area contributed by atoms with Crippen molar-refractivity contribution in [3.8, 4) is 17.0 Å². The molecule has 0 aliphatic carbocycles. The number of amides is 1. The number of imidazole rings is 1. The summed E-state index contributed by atoms with van der Waals surface area (Å²) in [4.78, 5) is 17.6. The SMILES string of the molecule is CCOc1ccccc1NC(=O)C(C)Sc1ncc(-c2ccccc2)n1CC1CCCO1. The van der Waals surface area contributed by atoms with Gasteiger partial charge in [-0.3, -0.25) is 4.79 Å². The second-order valence-electron chi connectivity index (χ2n) is 7.72. The van der Waals surface area contributed by atoms with Crippen LogP contribution in [0.2, 0.25) is 0 Å². The van der Waals surface area contributed by atoms with Crippen LogP contribution in [0.25, 0.3) is 11.3 Å². The number of rotatable bonds is 9. The van der Waals surface area contributed by atoms with Crippen LogP contribution in [0.4, 0.5) is 5.69 Å². The standard InChI is InChI=1S/C25H29N3O3S/c1-3-30-23-14-8-7-13-21(23)27-24(29)18(2)32-25-26-16-22(19-10-5-4-6-11-19)28(25)17-20-12-9-15-31-20/h4-8,10-11,13-14,16,18,20H,3,9,12,15,17H2,1-2H3,(H,27,29). The van der Waals surface area contributed by atoms with E-state index >= 15 is 0 Å². The fourth-order valence-corrected chi connectivity index (χ4v) is 4.65. The third-order valence-electron chi connectivity index (χ3n) is 5.39. The summed E-state index contributed by atoms with van der Waals surface area (Å²) in [7, 11) is 0. The maximum absolute atomic E-state index is 13.0. The van der Waals surface area contributed by atoms with Gasteiger partial charge < -0.3 is 19.4 Å². The number of aromatic nitrogens is 2. The molecule has 1 saturated heterocycles. The van der Waals surface area contributed by atoms with E-state index in [4.69, 9.17) is 9.47 Å². The van der Waals surface area contributed by atoms with E-state index in [9.17, 15) is 4.79 Å². The number of thioether (sulfide) groups is 1. The Bertz CT molecular complexity index is 1030. The van der Waals surface area contributed by atoms with Gasteiger partial charge in [0.25, 0.3) is 0 Å². The molecule has 1 aliphatic rings. The number of para-hydroxylation sites is 2. The summed E-state index contributed by atoms with van der Waals surface area (Å²) in [6.07, 6.45) is 4.19. The molecule has 2 unspecified atom stereocenters. The number of carbonyl (C=O) groups excluding carboxylic acids is 1. The molecular weight excluding hydrogens is 422 g/mol. The monoisotopic (exact) mass is 451 g/mol. The molecule has 32 heavy (non-hydrogen) atoms. The van der Waals surface area contributed by atoms with Crippen LogP contribution in [-0.2, 0) is 16.1 Å². The first-order chi connectivity index (χ1) is 15.7. The zero-order valence-electron chi connectivity index (χ0n) is 18.5. The van der Waals surface area contributed by atoms with Crippen LogP contribution in [0, 0.1) is 0 Å². The quantitative estimate of drug-likeness (QED) is 0.450. The highest BCUT2D eigenvalue weighted by Gasteiger charge is 2.24. The van der Waals surface area contributed by atoms with E-state index in [0.717, 1.165) is 42.4 Å². The van der Waals surface area contributed by atoms with E-state index in [1.807, 2.05) is 62.5 Å². The second kappa shape index (κ2) is 10.7. The van der Waals surface area contributed by atoms with Crippen LogP contribution in [-0.4, -0.2) is 40.0 Å². The van der Waals surface area contributed by atoms with E-state index < -0.39 is 0 Å². The smallest absolute Gasteiger partial charge is 0.237 e. The fraction of sp³-hybridized carbons (Fsp3) is 0.360. The van der Waals surface area contributed by atoms with Gasteiger partial charge in [0.05, 0.1) is 42.1 Å². The molecule has 4 rings (SSSR count). The molecule has 1 aromatic heterocycles. The van der Waals surface area contributed by atoms with Crippen LogP contribution in [0.3, 0.4) is 0 Å². The highest BCUT2D eigenvalue weighted by molar-refractivity contribution is 8.00. The Morgan fingerprint density at radius 3 is 2.78 bits per heavy atom. The maximum atomic E-state index is 13.0. The molecule has 0 spiro atoms. The lowest BCUT2D eigenvalue weighted by atomic mass is 10.1. The number of ether oxygens (including phenoxy) is 2. The van der Waals surface area contributed by atoms with Crippen molar-refractivity contribution in [2.75, 3.05) is 18.5 Å². The van der Waals surface area contributed by atoms with E-state index in [1.165, 1.54) is 11.8 Å². The minimum atomic E-state index is -0.334. The number of carbonyl (C=O) groups is 1. The average molecular weight is 452 g/mol. The summed E-state index contributed by atoms with van der Waals surface area (Å²) in [5, 5.41) is 3.49. The van der Waals surface area contributed by atoms with Gasteiger partial charge in [0.1, 0.15) is 5.75 Å². The molecule has 2 aromatic carbocycles. The van der Waals surface area contributed by atoms with Gasteiger partial charge in [-0.2, -0.15) is 0 Å². The zero-order valence-corrected chi connectivity index (χ0v) is 19.3. The molecule has 2 atom stereocenters. The third-order valence-corrected chi connectivity index (χ3v) is 6.50. The highest BCUT2D eigenvalue weighted by Crippen LogP contribution is 2.31. The normalized spacial score (nSPS) is 16.6. The Balaban J connectivity index is 1.52. The number of nitrogens with one attached hydrogen (secondary N) is 1. The van der Waals surface area contributed by atoms with Crippen molar-refractivity contribution in [3.63, 3.8) is 0 Å². The lowest BCUT2D eigenvalue weighted by molar-refractivity contribution is -0.115. The summed E-state index contributed by atoms with van der Waals surface area (Å²) in [6, 6.07) is 17.7. The molecule has 0 saturated carbocycles. The van der Waals surface area contributed by atoms with E-state index in [2.05, 4.69) is 27.0 Å². The third kappa shape index (κ3) is 5.34. The van der Waals surface area contributed by atoms with E-state index in [1.54, 1.807) is 0 Å². The number of hydrogen-bond acceptors (Lipinski definition) is 5. The Labute approximate surface area is 193 Å². The maximum Gasteiger partial charge on any atom is 0.237 e. The summed E-state index contributed by atoms with van der Waals surface area (Å²) in [5.41, 5.74) is 2.82. The zero-order chi connectivity index (χ0) is 22.3. The molecule has 1 N–H and O–H groups in total. The summed E-state index contributed by atoms with van der Waals surface area (Å²) < 4.78 is 13.7. The molecule has 6 nitrogen and oxygen atoms in total. The molecule has 0 radical (unpaired) electrons. The van der Waals surface area contributed by atoms with Crippen molar-refractivity contribution in [1.29, 1.82) is 0 Å². The van der Waals surface area contributed by atoms with Crippen LogP contribution < -0.4 is 10.1 Å². The van der Waals surface area contributed by atoms with Crippen molar-refractivity contribution < 1.29 is 14.3 Å². The van der Waals surface area contributed by atoms with Crippen LogP contribution >= 0.6 is 11.8 Å². The van der Waals surface area contributed by atoms with Gasteiger partial charge in [-0.15, -0.1) is 0 Å². The first-order valence-electron chi connectivity index (χ1n) is 11.1. The topological polar surface area (TPSA) is 65.4 Å². The molecule has 1 fully saturated rings. The van der Waals surface area contributed by atoms with Crippen LogP contribution in [0.15, 0.2) is 66.0 Å². The van der Waals surface area contributed by atoms with E-state index in [0.29, 0.717) is 18.0 Å². The van der Waals surface area contributed by atoms with Crippen molar-refractivity contribution in [1.82, 2.24) is 9.55 Å². The molecule has 3 aromatic rings. The number of nitrogens with zero attached hydrogens (tertiary/aromatic N) is 2. The highest BCUT2D eigenvalue weighted by atomic mass is 32.2. The van der Waals surface area contributed by atoms with Crippen LogP contribution in [0.5, 0.6) is 5.75 Å². The van der Waals surface area contributed by atoms with Gasteiger partial charge in [0, 0.05) is 6.61 Å². The van der Waals surface area contributed by atoms with Crippen molar-refractivity contribution in [2.24, 2.45) is 0 Å². The molecular formula is C25H29N3O3S. The van der Waals surface area contributed by atoms with Gasteiger partial charge in [0.15, 0.2) is 5.16 Å². The van der Waals surface area contributed by atoms with Crippen molar-refractivity contribution in [3.05, 3.63) is 60.8 Å². The lowest BCUT2D eigenvalue weighted by Gasteiger charge is -2.18. The largest absolute Gasteiger partial charge is 0.492 e. The Morgan fingerprint density at radius 1 is 1.25 bits per heavy atom. The molecule has 2 heterocycles. The summed E-state index contributed by atoms with van der Waals surface area (Å²) in [5.74, 6) is 0.585. The predicted octanol–water partition coefficient (Wildman–Crippen LogP) is 5.25. The van der Waals surface area contributed by atoms with Crippen molar-refractivity contribution in [2.45, 2.75) is 49.7 Å². The predicted molar refractivity (Wildman–Crippen MR) is 128 cm³/mol. The molecule has 7 heteroatoms. The summed E-state index contributed by atoms with van der Waals surface area (Å²) in [6.45, 7) is 5.90. The molecule has 168 valence electrons. The van der Waals surface area contributed by atoms with Gasteiger partial charge in [0.2, 0.25) is 5.91 Å². The number of hydrogen-bond donors (Lipinski definition) is 1. The van der Waals surface area contributed by atoms with Gasteiger partial charge in [-0.25, -0.2) is 4.98 Å². The first kappa shape index (κ1) is 22.4. The van der Waals surface area contributed by atoms with Gasteiger partial charge in [-0.05, 0) is 44.4 Å². The molecule has 1 aliphatic heterocycles. The number of anilines is 1. The average Bonchev–Trinajstić information content (AvgIpc) is 3.46. The minimum absolute atomic E-state index is 0.0879. The Hall–Kier alpha value is -2.77. The number of benzene rings is 2. The summed E-state index contributed by atoms with van der Waals surface area (Å²) >= 11 is 1.46.